The minimum atomic E-state index is 0.698. The van der Waals surface area contributed by atoms with Crippen LogP contribution in [0.3, 0.4) is 0 Å². The second kappa shape index (κ2) is 6.36. The number of aromatic nitrogens is 1. The number of furan rings is 1. The van der Waals surface area contributed by atoms with Gasteiger partial charge in [0.05, 0.1) is 17.1 Å². The van der Waals surface area contributed by atoms with Gasteiger partial charge in [-0.2, -0.15) is 0 Å². The molecule has 4 nitrogen and oxygen atoms in total. The molecule has 0 amide bonds. The van der Waals surface area contributed by atoms with Gasteiger partial charge < -0.3 is 14.2 Å². The molecule has 146 valence electrons. The van der Waals surface area contributed by atoms with Crippen LogP contribution in [-0.2, 0) is 0 Å². The van der Waals surface area contributed by atoms with Gasteiger partial charge in [0.2, 0.25) is 5.71 Å². The van der Waals surface area contributed by atoms with Crippen molar-refractivity contribution < 1.29 is 4.42 Å². The summed E-state index contributed by atoms with van der Waals surface area (Å²) in [6, 6.07) is 27.6. The molecule has 3 aromatic carbocycles. The summed E-state index contributed by atoms with van der Waals surface area (Å²) in [4.78, 5) is 9.32. The number of hydrogen-bond acceptors (Lipinski definition) is 4. The Morgan fingerprint density at radius 1 is 0.733 bits per heavy atom. The molecule has 0 atom stereocenters. The lowest BCUT2D eigenvalue weighted by Crippen LogP contribution is -2.24. The first-order valence-corrected chi connectivity index (χ1v) is 10.2. The van der Waals surface area contributed by atoms with Gasteiger partial charge in [-0.05, 0) is 55.8 Å². The van der Waals surface area contributed by atoms with Crippen LogP contribution in [0.2, 0.25) is 0 Å². The monoisotopic (exact) mass is 391 g/mol. The number of rotatable bonds is 2. The minimum absolute atomic E-state index is 0.698. The summed E-state index contributed by atoms with van der Waals surface area (Å²) in [5, 5.41) is 2.16. The van der Waals surface area contributed by atoms with E-state index in [0.29, 0.717) is 5.71 Å². The molecule has 0 fully saturated rings. The molecule has 0 saturated carbocycles. The highest BCUT2D eigenvalue weighted by atomic mass is 16.3. The van der Waals surface area contributed by atoms with E-state index < -0.39 is 0 Å². The van der Waals surface area contributed by atoms with Gasteiger partial charge in [0.25, 0.3) is 0 Å². The smallest absolute Gasteiger partial charge is 0.227 e. The maximum absolute atomic E-state index is 6.34. The van der Waals surface area contributed by atoms with E-state index >= 15 is 0 Å². The molecular formula is C26H21N3O. The van der Waals surface area contributed by atoms with Gasteiger partial charge >= 0.3 is 0 Å². The van der Waals surface area contributed by atoms with E-state index in [9.17, 15) is 0 Å². The van der Waals surface area contributed by atoms with Crippen molar-refractivity contribution in [3.05, 3.63) is 90.1 Å². The Morgan fingerprint density at radius 3 is 2.23 bits per heavy atom. The lowest BCUT2D eigenvalue weighted by molar-refractivity contribution is 0.651. The molecular weight excluding hydrogens is 370 g/mol. The van der Waals surface area contributed by atoms with E-state index in [1.54, 1.807) is 0 Å². The molecule has 1 aliphatic heterocycles. The summed E-state index contributed by atoms with van der Waals surface area (Å²) in [5.74, 6) is 0. The molecule has 0 bridgehead atoms. The van der Waals surface area contributed by atoms with E-state index in [2.05, 4.69) is 94.5 Å². The third kappa shape index (κ3) is 2.43. The van der Waals surface area contributed by atoms with E-state index in [1.807, 2.05) is 13.0 Å². The fourth-order valence-corrected chi connectivity index (χ4v) is 4.47. The normalized spacial score (nSPS) is 13.4. The van der Waals surface area contributed by atoms with E-state index in [1.165, 1.54) is 22.6 Å². The van der Waals surface area contributed by atoms with Crippen molar-refractivity contribution in [1.29, 1.82) is 0 Å². The van der Waals surface area contributed by atoms with Crippen molar-refractivity contribution >= 4 is 44.8 Å². The van der Waals surface area contributed by atoms with Gasteiger partial charge in [0.1, 0.15) is 6.67 Å². The topological polar surface area (TPSA) is 32.5 Å². The third-order valence-electron chi connectivity index (χ3n) is 5.91. The Labute approximate surface area is 175 Å². The Bertz CT molecular complexity index is 1400. The Balaban J connectivity index is 1.59. The number of pyridine rings is 1. The first kappa shape index (κ1) is 17.1. The summed E-state index contributed by atoms with van der Waals surface area (Å²) in [7, 11) is 0. The third-order valence-corrected chi connectivity index (χ3v) is 5.91. The van der Waals surface area contributed by atoms with Gasteiger partial charge in [-0.15, -0.1) is 0 Å². The average Bonchev–Trinajstić information content (AvgIpc) is 3.32. The Morgan fingerprint density at radius 2 is 1.43 bits per heavy atom. The molecule has 1 aliphatic rings. The zero-order valence-electron chi connectivity index (χ0n) is 17.0. The second-order valence-electron chi connectivity index (χ2n) is 7.84. The summed E-state index contributed by atoms with van der Waals surface area (Å²) in [5.41, 5.74) is 8.40. The van der Waals surface area contributed by atoms with E-state index in [-0.39, 0.29) is 0 Å². The van der Waals surface area contributed by atoms with Crippen LogP contribution in [0.25, 0.3) is 22.1 Å². The van der Waals surface area contributed by atoms with Crippen LogP contribution in [0.1, 0.15) is 11.3 Å². The molecule has 0 spiro atoms. The lowest BCUT2D eigenvalue weighted by atomic mass is 10.1. The highest BCUT2D eigenvalue weighted by Gasteiger charge is 2.30. The Hall–Kier alpha value is -3.79. The molecule has 5 aromatic rings. The summed E-state index contributed by atoms with van der Waals surface area (Å²) >= 11 is 0. The standard InChI is InChI=1S/C26H21N3O/c1-17-12-14-20-21-15-13-18(2)27-26(21)30-25(20)24(17)29-16-28(19-8-4-3-5-9-19)22-10-6-7-11-23(22)29/h3-15H,16H2,1-2H3. The first-order valence-electron chi connectivity index (χ1n) is 10.2. The second-order valence-corrected chi connectivity index (χ2v) is 7.84. The van der Waals surface area contributed by atoms with E-state index in [0.717, 1.165) is 34.4 Å². The van der Waals surface area contributed by atoms with Crippen LogP contribution in [0, 0.1) is 13.8 Å². The highest BCUT2D eigenvalue weighted by Crippen LogP contribution is 2.47. The number of hydrogen-bond donors (Lipinski definition) is 0. The summed E-state index contributed by atoms with van der Waals surface area (Å²) in [6.07, 6.45) is 0. The molecule has 0 unspecified atom stereocenters. The van der Waals surface area contributed by atoms with Crippen LogP contribution in [0.4, 0.5) is 22.7 Å². The van der Waals surface area contributed by atoms with Gasteiger partial charge in [0.15, 0.2) is 5.58 Å². The molecule has 4 heteroatoms. The van der Waals surface area contributed by atoms with Crippen LogP contribution in [0.5, 0.6) is 0 Å². The van der Waals surface area contributed by atoms with Crippen molar-refractivity contribution in [2.45, 2.75) is 13.8 Å². The maximum Gasteiger partial charge on any atom is 0.227 e. The minimum Gasteiger partial charge on any atom is -0.435 e. The fraction of sp³-hybridized carbons (Fsp3) is 0.115. The molecule has 0 radical (unpaired) electrons. The molecule has 0 saturated heterocycles. The lowest BCUT2D eigenvalue weighted by Gasteiger charge is -2.23. The number of benzene rings is 3. The SMILES string of the molecule is Cc1ccc2c(n1)oc1c(N3CN(c4ccccc4)c4ccccc43)c(C)ccc12. The van der Waals surface area contributed by atoms with Crippen LogP contribution in [-0.4, -0.2) is 11.7 Å². The van der Waals surface area contributed by atoms with Gasteiger partial charge in [-0.1, -0.05) is 42.5 Å². The van der Waals surface area contributed by atoms with Crippen molar-refractivity contribution in [2.24, 2.45) is 0 Å². The van der Waals surface area contributed by atoms with Crippen molar-refractivity contribution in [2.75, 3.05) is 16.5 Å². The van der Waals surface area contributed by atoms with Gasteiger partial charge in [-0.3, -0.25) is 0 Å². The van der Waals surface area contributed by atoms with Crippen molar-refractivity contribution in [3.63, 3.8) is 0 Å². The molecule has 2 aromatic heterocycles. The molecule has 0 aliphatic carbocycles. The first-order chi connectivity index (χ1) is 14.7. The molecule has 3 heterocycles. The zero-order valence-corrected chi connectivity index (χ0v) is 17.0. The molecule has 6 rings (SSSR count). The van der Waals surface area contributed by atoms with Crippen molar-refractivity contribution in [1.82, 2.24) is 4.98 Å². The van der Waals surface area contributed by atoms with Crippen molar-refractivity contribution in [3.8, 4) is 0 Å². The van der Waals surface area contributed by atoms with Crippen LogP contribution < -0.4 is 9.80 Å². The average molecular weight is 391 g/mol. The van der Waals surface area contributed by atoms with Crippen LogP contribution in [0.15, 0.2) is 83.3 Å². The number of nitrogens with zero attached hydrogens (tertiary/aromatic N) is 3. The predicted octanol–water partition coefficient (Wildman–Crippen LogP) is 6.85. The highest BCUT2D eigenvalue weighted by molar-refractivity contribution is 6.10. The van der Waals surface area contributed by atoms with Crippen LogP contribution >= 0.6 is 0 Å². The largest absolute Gasteiger partial charge is 0.435 e. The molecule has 30 heavy (non-hydrogen) atoms. The van der Waals surface area contributed by atoms with Gasteiger partial charge in [0, 0.05) is 22.2 Å². The van der Waals surface area contributed by atoms with Gasteiger partial charge in [-0.25, -0.2) is 4.98 Å². The summed E-state index contributed by atoms with van der Waals surface area (Å²) in [6.45, 7) is 4.87. The maximum atomic E-state index is 6.34. The predicted molar refractivity (Wildman–Crippen MR) is 123 cm³/mol. The zero-order chi connectivity index (χ0) is 20.2. The number of anilines is 4. The number of para-hydroxylation sites is 3. The number of fused-ring (bicyclic) bond motifs is 4. The number of aryl methyl sites for hydroxylation is 2. The summed E-state index contributed by atoms with van der Waals surface area (Å²) < 4.78 is 6.34. The quantitative estimate of drug-likeness (QED) is 0.330. The van der Waals surface area contributed by atoms with E-state index in [4.69, 9.17) is 4.42 Å². The Kier molecular flexibility index (Phi) is 3.62. The molecule has 0 N–H and O–H groups in total. The fourth-order valence-electron chi connectivity index (χ4n) is 4.47.